The van der Waals surface area contributed by atoms with Gasteiger partial charge in [-0.1, -0.05) is 5.16 Å². The quantitative estimate of drug-likeness (QED) is 0.812. The van der Waals surface area contributed by atoms with E-state index in [2.05, 4.69) is 10.1 Å². The third kappa shape index (κ3) is 2.09. The standard InChI is InChI=1S/C9H14N2O2S/c1-6(12)9-10-8(11-13-9)7-2-4-14-5-3-7/h6-7,12H,2-5H2,1H3. The van der Waals surface area contributed by atoms with Crippen molar-refractivity contribution in [1.29, 1.82) is 0 Å². The van der Waals surface area contributed by atoms with Crippen molar-refractivity contribution >= 4 is 11.8 Å². The van der Waals surface area contributed by atoms with Crippen LogP contribution in [-0.4, -0.2) is 26.8 Å². The van der Waals surface area contributed by atoms with Crippen LogP contribution in [-0.2, 0) is 0 Å². The fraction of sp³-hybridized carbons (Fsp3) is 0.778. The zero-order valence-corrected chi connectivity index (χ0v) is 8.96. The maximum absolute atomic E-state index is 9.24. The number of aliphatic hydroxyl groups is 1. The highest BCUT2D eigenvalue weighted by molar-refractivity contribution is 7.99. The van der Waals surface area contributed by atoms with Gasteiger partial charge in [-0.05, 0) is 31.3 Å². The summed E-state index contributed by atoms with van der Waals surface area (Å²) < 4.78 is 4.96. The van der Waals surface area contributed by atoms with Gasteiger partial charge in [-0.2, -0.15) is 16.7 Å². The molecule has 0 spiro atoms. The molecule has 1 aliphatic heterocycles. The van der Waals surface area contributed by atoms with E-state index in [-0.39, 0.29) is 0 Å². The summed E-state index contributed by atoms with van der Waals surface area (Å²) in [6, 6.07) is 0. The Morgan fingerprint density at radius 3 is 2.79 bits per heavy atom. The largest absolute Gasteiger partial charge is 0.384 e. The van der Waals surface area contributed by atoms with E-state index in [0.717, 1.165) is 18.7 Å². The van der Waals surface area contributed by atoms with Gasteiger partial charge in [-0.15, -0.1) is 0 Å². The summed E-state index contributed by atoms with van der Waals surface area (Å²) in [7, 11) is 0. The third-order valence-electron chi connectivity index (χ3n) is 2.40. The lowest BCUT2D eigenvalue weighted by Gasteiger charge is -2.17. The highest BCUT2D eigenvalue weighted by atomic mass is 32.2. The lowest BCUT2D eigenvalue weighted by molar-refractivity contribution is 0.151. The first-order chi connectivity index (χ1) is 6.77. The van der Waals surface area contributed by atoms with E-state index in [9.17, 15) is 5.11 Å². The Kier molecular flexibility index (Phi) is 3.08. The Balaban J connectivity index is 2.07. The Morgan fingerprint density at radius 1 is 1.50 bits per heavy atom. The second kappa shape index (κ2) is 4.31. The molecule has 0 saturated carbocycles. The molecule has 0 aromatic carbocycles. The van der Waals surface area contributed by atoms with Crippen molar-refractivity contribution in [1.82, 2.24) is 10.1 Å². The molecule has 1 saturated heterocycles. The molecule has 0 amide bonds. The molecular weight excluding hydrogens is 200 g/mol. The van der Waals surface area contributed by atoms with E-state index in [1.165, 1.54) is 11.5 Å². The van der Waals surface area contributed by atoms with Crippen molar-refractivity contribution in [3.8, 4) is 0 Å². The van der Waals surface area contributed by atoms with Gasteiger partial charge in [0.05, 0.1) is 0 Å². The summed E-state index contributed by atoms with van der Waals surface area (Å²) in [4.78, 5) is 4.20. The lowest BCUT2D eigenvalue weighted by Crippen LogP contribution is -2.09. The molecule has 1 N–H and O–H groups in total. The average molecular weight is 214 g/mol. The number of hydrogen-bond donors (Lipinski definition) is 1. The van der Waals surface area contributed by atoms with Crippen LogP contribution in [0.15, 0.2) is 4.52 Å². The topological polar surface area (TPSA) is 59.2 Å². The summed E-state index contributed by atoms with van der Waals surface area (Å²) in [6.07, 6.45) is 1.57. The molecule has 1 atom stereocenters. The molecule has 5 heteroatoms. The van der Waals surface area contributed by atoms with Crippen LogP contribution in [0.2, 0.25) is 0 Å². The van der Waals surface area contributed by atoms with Crippen LogP contribution < -0.4 is 0 Å². The van der Waals surface area contributed by atoms with E-state index in [0.29, 0.717) is 11.8 Å². The van der Waals surface area contributed by atoms with Gasteiger partial charge in [-0.3, -0.25) is 0 Å². The maximum Gasteiger partial charge on any atom is 0.255 e. The molecule has 14 heavy (non-hydrogen) atoms. The highest BCUT2D eigenvalue weighted by Crippen LogP contribution is 2.30. The van der Waals surface area contributed by atoms with Crippen LogP contribution in [0.5, 0.6) is 0 Å². The zero-order valence-electron chi connectivity index (χ0n) is 8.14. The van der Waals surface area contributed by atoms with Gasteiger partial charge in [0.15, 0.2) is 5.82 Å². The first kappa shape index (κ1) is 9.98. The van der Waals surface area contributed by atoms with Crippen molar-refractivity contribution in [2.24, 2.45) is 0 Å². The van der Waals surface area contributed by atoms with Crippen LogP contribution in [0.3, 0.4) is 0 Å². The van der Waals surface area contributed by atoms with Crippen LogP contribution >= 0.6 is 11.8 Å². The maximum atomic E-state index is 9.24. The van der Waals surface area contributed by atoms with Crippen molar-refractivity contribution in [3.63, 3.8) is 0 Å². The Hall–Kier alpha value is -0.550. The monoisotopic (exact) mass is 214 g/mol. The van der Waals surface area contributed by atoms with Gasteiger partial charge in [0.1, 0.15) is 6.10 Å². The molecule has 0 radical (unpaired) electrons. The minimum atomic E-state index is -0.658. The molecule has 1 fully saturated rings. The minimum Gasteiger partial charge on any atom is -0.384 e. The number of thioether (sulfide) groups is 1. The fourth-order valence-electron chi connectivity index (χ4n) is 1.54. The van der Waals surface area contributed by atoms with E-state index in [1.807, 2.05) is 11.8 Å². The average Bonchev–Trinajstić information content (AvgIpc) is 2.68. The molecule has 2 heterocycles. The van der Waals surface area contributed by atoms with Gasteiger partial charge >= 0.3 is 0 Å². The first-order valence-corrected chi connectivity index (χ1v) is 6.02. The van der Waals surface area contributed by atoms with Crippen molar-refractivity contribution < 1.29 is 9.63 Å². The zero-order chi connectivity index (χ0) is 9.97. The third-order valence-corrected chi connectivity index (χ3v) is 3.45. The molecule has 1 aromatic heterocycles. The molecule has 4 nitrogen and oxygen atoms in total. The number of hydrogen-bond acceptors (Lipinski definition) is 5. The summed E-state index contributed by atoms with van der Waals surface area (Å²) >= 11 is 1.97. The predicted molar refractivity (Wildman–Crippen MR) is 54.2 cm³/mol. The lowest BCUT2D eigenvalue weighted by atomic mass is 10.0. The summed E-state index contributed by atoms with van der Waals surface area (Å²) in [5.41, 5.74) is 0. The Bertz CT molecular complexity index is 295. The highest BCUT2D eigenvalue weighted by Gasteiger charge is 2.22. The summed E-state index contributed by atoms with van der Waals surface area (Å²) in [5.74, 6) is 3.86. The summed E-state index contributed by atoms with van der Waals surface area (Å²) in [5, 5.41) is 13.1. The van der Waals surface area contributed by atoms with E-state index >= 15 is 0 Å². The minimum absolute atomic E-state index is 0.332. The molecule has 0 aliphatic carbocycles. The van der Waals surface area contributed by atoms with Crippen LogP contribution in [0.25, 0.3) is 0 Å². The van der Waals surface area contributed by atoms with Crippen molar-refractivity contribution in [2.75, 3.05) is 11.5 Å². The van der Waals surface area contributed by atoms with Gasteiger partial charge < -0.3 is 9.63 Å². The van der Waals surface area contributed by atoms with Gasteiger partial charge in [0.2, 0.25) is 0 Å². The smallest absolute Gasteiger partial charge is 0.255 e. The number of aliphatic hydroxyl groups excluding tert-OH is 1. The molecular formula is C9H14N2O2S. The molecule has 1 aliphatic rings. The predicted octanol–water partition coefficient (Wildman–Crippen LogP) is 1.73. The number of aromatic nitrogens is 2. The van der Waals surface area contributed by atoms with Crippen LogP contribution in [0.4, 0.5) is 0 Å². The van der Waals surface area contributed by atoms with Gasteiger partial charge in [0, 0.05) is 5.92 Å². The second-order valence-electron chi connectivity index (χ2n) is 3.55. The Labute approximate surface area is 87.1 Å². The van der Waals surface area contributed by atoms with E-state index in [4.69, 9.17) is 4.52 Å². The molecule has 78 valence electrons. The molecule has 1 unspecified atom stereocenters. The molecule has 0 bridgehead atoms. The van der Waals surface area contributed by atoms with Gasteiger partial charge in [0.25, 0.3) is 5.89 Å². The van der Waals surface area contributed by atoms with Gasteiger partial charge in [-0.25, -0.2) is 0 Å². The van der Waals surface area contributed by atoms with Crippen LogP contribution in [0, 0.1) is 0 Å². The van der Waals surface area contributed by atoms with Crippen molar-refractivity contribution in [3.05, 3.63) is 11.7 Å². The molecule has 1 aromatic rings. The van der Waals surface area contributed by atoms with Crippen molar-refractivity contribution in [2.45, 2.75) is 31.8 Å². The van der Waals surface area contributed by atoms with E-state index in [1.54, 1.807) is 6.92 Å². The SMILES string of the molecule is CC(O)c1nc(C2CCSCC2)no1. The first-order valence-electron chi connectivity index (χ1n) is 4.86. The normalized spacial score (nSPS) is 21.0. The summed E-state index contributed by atoms with van der Waals surface area (Å²) in [6.45, 7) is 1.63. The number of nitrogens with zero attached hydrogens (tertiary/aromatic N) is 2. The fourth-order valence-corrected chi connectivity index (χ4v) is 2.65. The number of rotatable bonds is 2. The second-order valence-corrected chi connectivity index (χ2v) is 4.78. The van der Waals surface area contributed by atoms with Crippen LogP contribution in [0.1, 0.15) is 43.5 Å². The Morgan fingerprint density at radius 2 is 2.21 bits per heavy atom. The van der Waals surface area contributed by atoms with E-state index < -0.39 is 6.10 Å². The molecule has 2 rings (SSSR count).